The fraction of sp³-hybridized carbons (Fsp3) is 0.667. The highest BCUT2D eigenvalue weighted by atomic mass is 19.1. The van der Waals surface area contributed by atoms with E-state index >= 15 is 0 Å². The third-order valence-electron chi connectivity index (χ3n) is 5.43. The number of hydrogen-bond acceptors (Lipinski definition) is 2. The second-order valence-corrected chi connectivity index (χ2v) is 6.77. The maximum Gasteiger partial charge on any atom is 0.123 e. The van der Waals surface area contributed by atoms with E-state index < -0.39 is 0 Å². The molecule has 1 N–H and O–H groups in total. The molecule has 0 aromatic heterocycles. The van der Waals surface area contributed by atoms with Gasteiger partial charge in [-0.1, -0.05) is 19.1 Å². The van der Waals surface area contributed by atoms with E-state index in [9.17, 15) is 4.39 Å². The second kappa shape index (κ2) is 6.45. The molecule has 3 rings (SSSR count). The molecule has 3 heteroatoms. The first-order valence-electron chi connectivity index (χ1n) is 8.39. The van der Waals surface area contributed by atoms with Crippen molar-refractivity contribution < 1.29 is 4.39 Å². The van der Waals surface area contributed by atoms with Crippen LogP contribution in [0.4, 0.5) is 4.39 Å². The number of nitrogens with one attached hydrogen (secondary N) is 1. The zero-order valence-corrected chi connectivity index (χ0v) is 13.2. The smallest absolute Gasteiger partial charge is 0.123 e. The Hall–Kier alpha value is -0.930. The molecule has 0 radical (unpaired) electrons. The molecule has 0 saturated carbocycles. The molecular weight excluding hydrogens is 263 g/mol. The SMILES string of the molecule is CCCNC(c1cccc(F)c1)C1CC2CCC(C1)N2C. The van der Waals surface area contributed by atoms with Gasteiger partial charge in [0.05, 0.1) is 0 Å². The molecule has 2 aliphatic rings. The lowest BCUT2D eigenvalue weighted by Crippen LogP contribution is -2.43. The van der Waals surface area contributed by atoms with Crippen LogP contribution < -0.4 is 5.32 Å². The Morgan fingerprint density at radius 2 is 2.00 bits per heavy atom. The Labute approximate surface area is 127 Å². The summed E-state index contributed by atoms with van der Waals surface area (Å²) in [6.45, 7) is 3.19. The Morgan fingerprint density at radius 3 is 2.62 bits per heavy atom. The van der Waals surface area contributed by atoms with Gasteiger partial charge in [-0.3, -0.25) is 0 Å². The lowest BCUT2D eigenvalue weighted by Gasteiger charge is -2.40. The van der Waals surface area contributed by atoms with E-state index in [1.54, 1.807) is 12.1 Å². The van der Waals surface area contributed by atoms with Crippen LogP contribution >= 0.6 is 0 Å². The normalized spacial score (nSPS) is 30.5. The number of benzene rings is 1. The van der Waals surface area contributed by atoms with Crippen molar-refractivity contribution in [2.45, 2.75) is 57.2 Å². The second-order valence-electron chi connectivity index (χ2n) is 6.77. The standard InChI is InChI=1S/C18H27FN2/c1-3-9-20-18(13-5-4-6-15(19)10-13)14-11-16-7-8-17(12-14)21(16)2/h4-6,10,14,16-18,20H,3,7-9,11-12H2,1-2H3. The van der Waals surface area contributed by atoms with Gasteiger partial charge in [0.15, 0.2) is 0 Å². The summed E-state index contributed by atoms with van der Waals surface area (Å²) < 4.78 is 13.6. The average molecular weight is 290 g/mol. The van der Waals surface area contributed by atoms with E-state index in [-0.39, 0.29) is 5.82 Å². The van der Waals surface area contributed by atoms with E-state index in [0.717, 1.165) is 30.6 Å². The molecular formula is C18H27FN2. The van der Waals surface area contributed by atoms with Gasteiger partial charge < -0.3 is 10.2 Å². The van der Waals surface area contributed by atoms with Crippen molar-refractivity contribution in [3.63, 3.8) is 0 Å². The van der Waals surface area contributed by atoms with Crippen molar-refractivity contribution in [1.82, 2.24) is 10.2 Å². The van der Waals surface area contributed by atoms with E-state index in [1.165, 1.54) is 25.7 Å². The molecule has 116 valence electrons. The van der Waals surface area contributed by atoms with Gasteiger partial charge in [0.25, 0.3) is 0 Å². The Kier molecular flexibility index (Phi) is 4.60. The maximum absolute atomic E-state index is 13.6. The van der Waals surface area contributed by atoms with Gasteiger partial charge in [0.2, 0.25) is 0 Å². The van der Waals surface area contributed by atoms with Crippen LogP contribution in [0.5, 0.6) is 0 Å². The maximum atomic E-state index is 13.6. The third-order valence-corrected chi connectivity index (χ3v) is 5.43. The summed E-state index contributed by atoms with van der Waals surface area (Å²) in [7, 11) is 2.27. The monoisotopic (exact) mass is 290 g/mol. The Morgan fingerprint density at radius 1 is 1.29 bits per heavy atom. The fourth-order valence-corrected chi connectivity index (χ4v) is 4.28. The lowest BCUT2D eigenvalue weighted by molar-refractivity contribution is 0.112. The molecule has 3 atom stereocenters. The summed E-state index contributed by atoms with van der Waals surface area (Å²) in [5.74, 6) is 0.513. The minimum atomic E-state index is -0.119. The van der Waals surface area contributed by atoms with Crippen LogP contribution in [0.25, 0.3) is 0 Å². The first-order chi connectivity index (χ1) is 10.2. The van der Waals surface area contributed by atoms with Gasteiger partial charge in [-0.25, -0.2) is 4.39 Å². The van der Waals surface area contributed by atoms with Gasteiger partial charge >= 0.3 is 0 Å². The molecule has 2 nitrogen and oxygen atoms in total. The van der Waals surface area contributed by atoms with Crippen LogP contribution in [-0.2, 0) is 0 Å². The van der Waals surface area contributed by atoms with Gasteiger partial charge in [0.1, 0.15) is 5.82 Å². The van der Waals surface area contributed by atoms with Crippen LogP contribution in [0.1, 0.15) is 50.6 Å². The highest BCUT2D eigenvalue weighted by Crippen LogP contribution is 2.42. The van der Waals surface area contributed by atoms with Crippen LogP contribution in [0, 0.1) is 11.7 Å². The number of hydrogen-bond donors (Lipinski definition) is 1. The van der Waals surface area contributed by atoms with Crippen molar-refractivity contribution in [2.24, 2.45) is 5.92 Å². The van der Waals surface area contributed by atoms with Crippen LogP contribution in [0.2, 0.25) is 0 Å². The summed E-state index contributed by atoms with van der Waals surface area (Å²) in [6.07, 6.45) is 6.27. The largest absolute Gasteiger partial charge is 0.310 e. The van der Waals surface area contributed by atoms with Crippen LogP contribution in [-0.4, -0.2) is 30.6 Å². The molecule has 1 aromatic rings. The van der Waals surface area contributed by atoms with Crippen molar-refractivity contribution in [3.05, 3.63) is 35.6 Å². The first-order valence-corrected chi connectivity index (χ1v) is 8.39. The lowest BCUT2D eigenvalue weighted by atomic mass is 9.82. The molecule has 1 aromatic carbocycles. The summed E-state index contributed by atoms with van der Waals surface area (Å²) in [6, 6.07) is 8.94. The van der Waals surface area contributed by atoms with Crippen molar-refractivity contribution in [1.29, 1.82) is 0 Å². The average Bonchev–Trinajstić information content (AvgIpc) is 2.70. The number of piperidine rings is 1. The molecule has 3 unspecified atom stereocenters. The van der Waals surface area contributed by atoms with Crippen LogP contribution in [0.15, 0.2) is 24.3 Å². The predicted octanol–water partition coefficient (Wildman–Crippen LogP) is 3.74. The quantitative estimate of drug-likeness (QED) is 0.888. The van der Waals surface area contributed by atoms with E-state index in [4.69, 9.17) is 0 Å². The molecule has 2 fully saturated rings. The predicted molar refractivity (Wildman–Crippen MR) is 84.7 cm³/mol. The number of halogens is 1. The minimum absolute atomic E-state index is 0.119. The molecule has 2 bridgehead atoms. The zero-order chi connectivity index (χ0) is 14.8. The minimum Gasteiger partial charge on any atom is -0.310 e. The Balaban J connectivity index is 1.79. The number of fused-ring (bicyclic) bond motifs is 2. The highest BCUT2D eigenvalue weighted by molar-refractivity contribution is 5.21. The van der Waals surface area contributed by atoms with E-state index in [1.807, 2.05) is 6.07 Å². The molecule has 2 saturated heterocycles. The van der Waals surface area contributed by atoms with Gasteiger partial charge in [-0.15, -0.1) is 0 Å². The van der Waals surface area contributed by atoms with Crippen molar-refractivity contribution in [3.8, 4) is 0 Å². The summed E-state index contributed by atoms with van der Waals surface area (Å²) in [5.41, 5.74) is 1.12. The Bertz CT molecular complexity index is 462. The fourth-order valence-electron chi connectivity index (χ4n) is 4.28. The molecule has 2 heterocycles. The van der Waals surface area contributed by atoms with Crippen molar-refractivity contribution in [2.75, 3.05) is 13.6 Å². The topological polar surface area (TPSA) is 15.3 Å². The van der Waals surface area contributed by atoms with Gasteiger partial charge in [-0.2, -0.15) is 0 Å². The molecule has 2 aliphatic heterocycles. The molecule has 21 heavy (non-hydrogen) atoms. The molecule has 0 amide bonds. The highest BCUT2D eigenvalue weighted by Gasteiger charge is 2.41. The summed E-state index contributed by atoms with van der Waals surface area (Å²) >= 11 is 0. The summed E-state index contributed by atoms with van der Waals surface area (Å²) in [5, 5.41) is 3.68. The van der Waals surface area contributed by atoms with E-state index in [2.05, 4.69) is 30.3 Å². The number of rotatable bonds is 5. The first kappa shape index (κ1) is 15.0. The molecule has 0 spiro atoms. The third kappa shape index (κ3) is 3.14. The van der Waals surface area contributed by atoms with E-state index in [0.29, 0.717) is 12.0 Å². The van der Waals surface area contributed by atoms with Gasteiger partial charge in [-0.05, 0) is 69.3 Å². The van der Waals surface area contributed by atoms with Crippen LogP contribution in [0.3, 0.4) is 0 Å². The zero-order valence-electron chi connectivity index (χ0n) is 13.2. The molecule has 0 aliphatic carbocycles. The number of nitrogens with zero attached hydrogens (tertiary/aromatic N) is 1. The van der Waals surface area contributed by atoms with Crippen molar-refractivity contribution >= 4 is 0 Å². The van der Waals surface area contributed by atoms with Gasteiger partial charge in [0, 0.05) is 18.1 Å². The summed E-state index contributed by atoms with van der Waals surface area (Å²) in [4.78, 5) is 2.57.